The lowest BCUT2D eigenvalue weighted by Crippen LogP contribution is -2.33. The van der Waals surface area contributed by atoms with Crippen molar-refractivity contribution >= 4 is 0 Å². The number of hydrogen-bond donors (Lipinski definition) is 1. The molecule has 1 aliphatic rings. The fourth-order valence-corrected chi connectivity index (χ4v) is 2.74. The maximum Gasteiger partial charge on any atom is 0.0830 e. The maximum absolute atomic E-state index is 5.98. The van der Waals surface area contributed by atoms with E-state index in [1.807, 2.05) is 0 Å². The second kappa shape index (κ2) is 6.35. The minimum absolute atomic E-state index is 0.283. The molecule has 0 bridgehead atoms. The zero-order valence-corrected chi connectivity index (χ0v) is 11.8. The maximum atomic E-state index is 5.98. The highest BCUT2D eigenvalue weighted by molar-refractivity contribution is 5.30. The van der Waals surface area contributed by atoms with Crippen LogP contribution < -0.4 is 5.32 Å². The molecule has 100 valence electrons. The van der Waals surface area contributed by atoms with E-state index in [1.54, 1.807) is 0 Å². The van der Waals surface area contributed by atoms with E-state index in [2.05, 4.69) is 50.4 Å². The van der Waals surface area contributed by atoms with E-state index in [-0.39, 0.29) is 6.10 Å². The molecule has 3 atom stereocenters. The molecule has 1 aromatic rings. The van der Waals surface area contributed by atoms with Crippen LogP contribution >= 0.6 is 0 Å². The van der Waals surface area contributed by atoms with Crippen LogP contribution in [0.25, 0.3) is 0 Å². The van der Waals surface area contributed by atoms with Gasteiger partial charge >= 0.3 is 0 Å². The molecule has 0 saturated heterocycles. The first kappa shape index (κ1) is 13.6. The average molecular weight is 247 g/mol. The summed E-state index contributed by atoms with van der Waals surface area (Å²) in [5.74, 6) is 0.626. The van der Waals surface area contributed by atoms with Crippen molar-refractivity contribution in [1.29, 1.82) is 0 Å². The lowest BCUT2D eigenvalue weighted by molar-refractivity contribution is 0.0238. The Morgan fingerprint density at radius 2 is 2.11 bits per heavy atom. The number of hydrogen-bond acceptors (Lipinski definition) is 2. The SMILES string of the molecule is CCNC(C)C(C)CC1OCCc2ccccc21. The van der Waals surface area contributed by atoms with Crippen molar-refractivity contribution in [3.8, 4) is 0 Å². The summed E-state index contributed by atoms with van der Waals surface area (Å²) in [6, 6.07) is 9.27. The Balaban J connectivity index is 2.02. The molecular formula is C16H25NO. The Labute approximate surface area is 111 Å². The van der Waals surface area contributed by atoms with Gasteiger partial charge in [0, 0.05) is 6.04 Å². The molecule has 2 heteroatoms. The molecule has 1 aliphatic heterocycles. The van der Waals surface area contributed by atoms with Gasteiger partial charge in [0.15, 0.2) is 0 Å². The van der Waals surface area contributed by atoms with Gasteiger partial charge in [-0.15, -0.1) is 0 Å². The van der Waals surface area contributed by atoms with Crippen LogP contribution in [0.4, 0.5) is 0 Å². The number of ether oxygens (including phenoxy) is 1. The monoisotopic (exact) mass is 247 g/mol. The van der Waals surface area contributed by atoms with Gasteiger partial charge in [-0.25, -0.2) is 0 Å². The van der Waals surface area contributed by atoms with Gasteiger partial charge in [-0.1, -0.05) is 38.1 Å². The highest BCUT2D eigenvalue weighted by Gasteiger charge is 2.24. The minimum Gasteiger partial charge on any atom is -0.373 e. The molecule has 1 aromatic carbocycles. The molecule has 3 unspecified atom stereocenters. The fraction of sp³-hybridized carbons (Fsp3) is 0.625. The summed E-state index contributed by atoms with van der Waals surface area (Å²) >= 11 is 0. The Morgan fingerprint density at radius 3 is 2.89 bits per heavy atom. The zero-order chi connectivity index (χ0) is 13.0. The number of rotatable bonds is 5. The zero-order valence-electron chi connectivity index (χ0n) is 11.8. The van der Waals surface area contributed by atoms with Gasteiger partial charge in [-0.3, -0.25) is 0 Å². The van der Waals surface area contributed by atoms with E-state index < -0.39 is 0 Å². The van der Waals surface area contributed by atoms with Gasteiger partial charge in [0.05, 0.1) is 12.7 Å². The van der Waals surface area contributed by atoms with Gasteiger partial charge in [0.1, 0.15) is 0 Å². The molecule has 1 heterocycles. The first-order valence-corrected chi connectivity index (χ1v) is 7.15. The largest absolute Gasteiger partial charge is 0.373 e. The molecule has 0 amide bonds. The predicted octanol–water partition coefficient (Wildman–Crippen LogP) is 3.32. The molecule has 0 aliphatic carbocycles. The second-order valence-corrected chi connectivity index (χ2v) is 5.37. The topological polar surface area (TPSA) is 21.3 Å². The van der Waals surface area contributed by atoms with E-state index in [0.29, 0.717) is 12.0 Å². The summed E-state index contributed by atoms with van der Waals surface area (Å²) in [5, 5.41) is 3.50. The normalized spacial score (nSPS) is 22.3. The fourth-order valence-electron chi connectivity index (χ4n) is 2.74. The highest BCUT2D eigenvalue weighted by atomic mass is 16.5. The quantitative estimate of drug-likeness (QED) is 0.862. The van der Waals surface area contributed by atoms with Gasteiger partial charge in [0.25, 0.3) is 0 Å². The van der Waals surface area contributed by atoms with Crippen molar-refractivity contribution in [2.45, 2.75) is 45.8 Å². The Kier molecular flexibility index (Phi) is 4.79. The summed E-state index contributed by atoms with van der Waals surface area (Å²) in [6.07, 6.45) is 2.45. The number of benzene rings is 1. The summed E-state index contributed by atoms with van der Waals surface area (Å²) in [5.41, 5.74) is 2.87. The summed E-state index contributed by atoms with van der Waals surface area (Å²) in [7, 11) is 0. The molecule has 18 heavy (non-hydrogen) atoms. The third kappa shape index (κ3) is 3.12. The van der Waals surface area contributed by atoms with Crippen LogP contribution in [-0.2, 0) is 11.2 Å². The third-order valence-corrected chi connectivity index (χ3v) is 4.06. The van der Waals surface area contributed by atoms with Gasteiger partial charge in [-0.2, -0.15) is 0 Å². The number of nitrogens with one attached hydrogen (secondary N) is 1. The van der Waals surface area contributed by atoms with Crippen LogP contribution in [0, 0.1) is 5.92 Å². The molecular weight excluding hydrogens is 222 g/mol. The lowest BCUT2D eigenvalue weighted by Gasteiger charge is -2.30. The van der Waals surface area contributed by atoms with Crippen molar-refractivity contribution in [3.05, 3.63) is 35.4 Å². The van der Waals surface area contributed by atoms with Crippen LogP contribution in [0.3, 0.4) is 0 Å². The van der Waals surface area contributed by atoms with Gasteiger partial charge < -0.3 is 10.1 Å². The highest BCUT2D eigenvalue weighted by Crippen LogP contribution is 2.32. The second-order valence-electron chi connectivity index (χ2n) is 5.37. The molecule has 0 spiro atoms. The molecule has 2 nitrogen and oxygen atoms in total. The molecule has 2 rings (SSSR count). The molecule has 1 N–H and O–H groups in total. The van der Waals surface area contributed by atoms with Crippen molar-refractivity contribution in [3.63, 3.8) is 0 Å². The van der Waals surface area contributed by atoms with Crippen molar-refractivity contribution in [2.24, 2.45) is 5.92 Å². The Morgan fingerprint density at radius 1 is 1.33 bits per heavy atom. The van der Waals surface area contributed by atoms with Crippen LogP contribution in [0.5, 0.6) is 0 Å². The van der Waals surface area contributed by atoms with E-state index in [9.17, 15) is 0 Å². The van der Waals surface area contributed by atoms with E-state index in [0.717, 1.165) is 26.0 Å². The first-order chi connectivity index (χ1) is 8.72. The van der Waals surface area contributed by atoms with Gasteiger partial charge in [-0.05, 0) is 43.4 Å². The molecule has 0 radical (unpaired) electrons. The van der Waals surface area contributed by atoms with E-state index in [4.69, 9.17) is 4.74 Å². The summed E-state index contributed by atoms with van der Waals surface area (Å²) in [4.78, 5) is 0. The van der Waals surface area contributed by atoms with Crippen LogP contribution in [0.15, 0.2) is 24.3 Å². The first-order valence-electron chi connectivity index (χ1n) is 7.15. The van der Waals surface area contributed by atoms with Crippen molar-refractivity contribution < 1.29 is 4.74 Å². The third-order valence-electron chi connectivity index (χ3n) is 4.06. The van der Waals surface area contributed by atoms with Crippen LogP contribution in [0.1, 0.15) is 44.4 Å². The molecule has 0 saturated carbocycles. The average Bonchev–Trinajstić information content (AvgIpc) is 2.39. The summed E-state index contributed by atoms with van der Waals surface area (Å²) < 4.78 is 5.98. The van der Waals surface area contributed by atoms with Crippen molar-refractivity contribution in [1.82, 2.24) is 5.32 Å². The summed E-state index contributed by atoms with van der Waals surface area (Å²) in [6.45, 7) is 8.64. The van der Waals surface area contributed by atoms with Crippen LogP contribution in [-0.4, -0.2) is 19.2 Å². The Bertz CT molecular complexity index is 377. The lowest BCUT2D eigenvalue weighted by atomic mass is 9.89. The number of fused-ring (bicyclic) bond motifs is 1. The van der Waals surface area contributed by atoms with E-state index in [1.165, 1.54) is 11.1 Å². The minimum atomic E-state index is 0.283. The standard InChI is InChI=1S/C16H25NO/c1-4-17-13(3)12(2)11-16-15-8-6-5-7-14(15)9-10-18-16/h5-8,12-13,16-17H,4,9-11H2,1-3H3. The smallest absolute Gasteiger partial charge is 0.0830 e. The van der Waals surface area contributed by atoms with E-state index >= 15 is 0 Å². The molecule has 0 fully saturated rings. The van der Waals surface area contributed by atoms with Crippen LogP contribution in [0.2, 0.25) is 0 Å². The Hall–Kier alpha value is -0.860. The van der Waals surface area contributed by atoms with Gasteiger partial charge in [0.2, 0.25) is 0 Å². The molecule has 0 aromatic heterocycles. The van der Waals surface area contributed by atoms with Crippen molar-refractivity contribution in [2.75, 3.05) is 13.2 Å². The predicted molar refractivity (Wildman–Crippen MR) is 75.8 cm³/mol.